The summed E-state index contributed by atoms with van der Waals surface area (Å²) >= 11 is 0. The normalized spacial score (nSPS) is 19.5. The molecule has 3 nitrogen and oxygen atoms in total. The van der Waals surface area contributed by atoms with E-state index in [9.17, 15) is 0 Å². The summed E-state index contributed by atoms with van der Waals surface area (Å²) in [6.45, 7) is 6.21. The standard InChI is InChI=1S/C13H29N3/c1-15(2)9-5-4-8-14-12-13-6-10-16(3)11-7-13/h13-14H,4-12H2,1-3H3. The Balaban J connectivity index is 1.87. The van der Waals surface area contributed by atoms with Crippen molar-refractivity contribution in [2.75, 3.05) is 53.9 Å². The van der Waals surface area contributed by atoms with E-state index in [4.69, 9.17) is 0 Å². The fourth-order valence-electron chi connectivity index (χ4n) is 2.25. The highest BCUT2D eigenvalue weighted by atomic mass is 15.1. The van der Waals surface area contributed by atoms with Crippen LogP contribution in [0, 0.1) is 5.92 Å². The van der Waals surface area contributed by atoms with Crippen LogP contribution in [0.25, 0.3) is 0 Å². The lowest BCUT2D eigenvalue weighted by molar-refractivity contribution is 0.216. The molecular weight excluding hydrogens is 198 g/mol. The van der Waals surface area contributed by atoms with E-state index in [1.807, 2.05) is 0 Å². The third kappa shape index (κ3) is 6.46. The number of nitrogens with one attached hydrogen (secondary N) is 1. The largest absolute Gasteiger partial charge is 0.316 e. The van der Waals surface area contributed by atoms with Gasteiger partial charge in [-0.2, -0.15) is 0 Å². The molecule has 1 rings (SSSR count). The maximum atomic E-state index is 3.61. The molecule has 0 aromatic rings. The van der Waals surface area contributed by atoms with E-state index in [1.165, 1.54) is 58.4 Å². The van der Waals surface area contributed by atoms with E-state index in [2.05, 4.69) is 36.3 Å². The summed E-state index contributed by atoms with van der Waals surface area (Å²) in [6, 6.07) is 0. The summed E-state index contributed by atoms with van der Waals surface area (Å²) in [5.74, 6) is 0.921. The predicted molar refractivity (Wildman–Crippen MR) is 70.9 cm³/mol. The molecule has 1 aliphatic heterocycles. The number of hydrogen-bond acceptors (Lipinski definition) is 3. The number of nitrogens with zero attached hydrogens (tertiary/aromatic N) is 2. The molecule has 1 aliphatic rings. The molecule has 3 heteroatoms. The third-order valence-electron chi connectivity index (χ3n) is 3.48. The van der Waals surface area contributed by atoms with Crippen molar-refractivity contribution in [3.05, 3.63) is 0 Å². The van der Waals surface area contributed by atoms with Gasteiger partial charge in [0.1, 0.15) is 0 Å². The van der Waals surface area contributed by atoms with Gasteiger partial charge in [0, 0.05) is 0 Å². The van der Waals surface area contributed by atoms with Crippen LogP contribution in [-0.2, 0) is 0 Å². The van der Waals surface area contributed by atoms with E-state index in [1.54, 1.807) is 0 Å². The van der Waals surface area contributed by atoms with Gasteiger partial charge in [-0.05, 0) is 85.5 Å². The fraction of sp³-hybridized carbons (Fsp3) is 1.00. The predicted octanol–water partition coefficient (Wildman–Crippen LogP) is 1.26. The molecule has 0 aromatic heterocycles. The van der Waals surface area contributed by atoms with E-state index >= 15 is 0 Å². The van der Waals surface area contributed by atoms with Gasteiger partial charge in [-0.3, -0.25) is 0 Å². The molecular formula is C13H29N3. The second kappa shape index (κ2) is 8.04. The average molecular weight is 227 g/mol. The summed E-state index contributed by atoms with van der Waals surface area (Å²) < 4.78 is 0. The lowest BCUT2D eigenvalue weighted by Gasteiger charge is -2.29. The lowest BCUT2D eigenvalue weighted by atomic mass is 9.97. The Bertz CT molecular complexity index is 163. The Kier molecular flexibility index (Phi) is 7.01. The summed E-state index contributed by atoms with van der Waals surface area (Å²) in [7, 11) is 6.52. The van der Waals surface area contributed by atoms with Crippen molar-refractivity contribution in [3.8, 4) is 0 Å². The second-order valence-electron chi connectivity index (χ2n) is 5.46. The van der Waals surface area contributed by atoms with Crippen molar-refractivity contribution in [1.29, 1.82) is 0 Å². The van der Waals surface area contributed by atoms with Crippen LogP contribution in [0.4, 0.5) is 0 Å². The first-order valence-electron chi connectivity index (χ1n) is 6.72. The van der Waals surface area contributed by atoms with Gasteiger partial charge in [-0.1, -0.05) is 0 Å². The smallest absolute Gasteiger partial charge is 0.00187 e. The Morgan fingerprint density at radius 3 is 2.50 bits per heavy atom. The molecule has 1 saturated heterocycles. The van der Waals surface area contributed by atoms with Gasteiger partial charge in [0.25, 0.3) is 0 Å². The molecule has 1 N–H and O–H groups in total. The molecule has 0 radical (unpaired) electrons. The summed E-state index contributed by atoms with van der Waals surface area (Å²) in [6.07, 6.45) is 5.38. The van der Waals surface area contributed by atoms with Gasteiger partial charge in [0.2, 0.25) is 0 Å². The van der Waals surface area contributed by atoms with Crippen LogP contribution < -0.4 is 5.32 Å². The topological polar surface area (TPSA) is 18.5 Å². The second-order valence-corrected chi connectivity index (χ2v) is 5.46. The Morgan fingerprint density at radius 2 is 1.88 bits per heavy atom. The molecule has 1 fully saturated rings. The molecule has 0 aromatic carbocycles. The molecule has 0 aliphatic carbocycles. The summed E-state index contributed by atoms with van der Waals surface area (Å²) in [5.41, 5.74) is 0. The Hall–Kier alpha value is -0.120. The van der Waals surface area contributed by atoms with Crippen molar-refractivity contribution in [2.45, 2.75) is 25.7 Å². The van der Waals surface area contributed by atoms with Crippen LogP contribution in [0.5, 0.6) is 0 Å². The van der Waals surface area contributed by atoms with Crippen molar-refractivity contribution < 1.29 is 0 Å². The van der Waals surface area contributed by atoms with Gasteiger partial charge in [-0.25, -0.2) is 0 Å². The van der Waals surface area contributed by atoms with Crippen LogP contribution in [0.1, 0.15) is 25.7 Å². The van der Waals surface area contributed by atoms with E-state index in [-0.39, 0.29) is 0 Å². The minimum absolute atomic E-state index is 0.921. The van der Waals surface area contributed by atoms with Crippen molar-refractivity contribution in [3.63, 3.8) is 0 Å². The Morgan fingerprint density at radius 1 is 1.19 bits per heavy atom. The van der Waals surface area contributed by atoms with E-state index in [0.29, 0.717) is 0 Å². The molecule has 0 bridgehead atoms. The molecule has 0 amide bonds. The molecule has 1 heterocycles. The van der Waals surface area contributed by atoms with Gasteiger partial charge in [0.15, 0.2) is 0 Å². The van der Waals surface area contributed by atoms with Crippen molar-refractivity contribution >= 4 is 0 Å². The maximum absolute atomic E-state index is 3.61. The minimum Gasteiger partial charge on any atom is -0.316 e. The average Bonchev–Trinajstić information content (AvgIpc) is 2.25. The van der Waals surface area contributed by atoms with E-state index in [0.717, 1.165) is 5.92 Å². The lowest BCUT2D eigenvalue weighted by Crippen LogP contribution is -2.35. The van der Waals surface area contributed by atoms with Gasteiger partial charge >= 0.3 is 0 Å². The SMILES string of the molecule is CN(C)CCCCNCC1CCN(C)CC1. The van der Waals surface area contributed by atoms with Crippen molar-refractivity contribution in [1.82, 2.24) is 15.1 Å². The van der Waals surface area contributed by atoms with E-state index < -0.39 is 0 Å². The molecule has 0 unspecified atom stereocenters. The molecule has 0 spiro atoms. The van der Waals surface area contributed by atoms with Crippen LogP contribution >= 0.6 is 0 Å². The van der Waals surface area contributed by atoms with Crippen LogP contribution in [0.3, 0.4) is 0 Å². The quantitative estimate of drug-likeness (QED) is 0.661. The monoisotopic (exact) mass is 227 g/mol. The zero-order valence-electron chi connectivity index (χ0n) is 11.3. The van der Waals surface area contributed by atoms with Crippen LogP contribution in [-0.4, -0.2) is 63.7 Å². The third-order valence-corrected chi connectivity index (χ3v) is 3.48. The zero-order chi connectivity index (χ0) is 11.8. The number of hydrogen-bond donors (Lipinski definition) is 1. The molecule has 16 heavy (non-hydrogen) atoms. The fourth-order valence-corrected chi connectivity index (χ4v) is 2.25. The highest BCUT2D eigenvalue weighted by Crippen LogP contribution is 2.14. The summed E-state index contributed by atoms with van der Waals surface area (Å²) in [5, 5.41) is 3.61. The summed E-state index contributed by atoms with van der Waals surface area (Å²) in [4.78, 5) is 4.70. The number of rotatable bonds is 7. The highest BCUT2D eigenvalue weighted by molar-refractivity contribution is 4.71. The highest BCUT2D eigenvalue weighted by Gasteiger charge is 2.15. The maximum Gasteiger partial charge on any atom is -0.00187 e. The number of piperidine rings is 1. The van der Waals surface area contributed by atoms with Crippen LogP contribution in [0.2, 0.25) is 0 Å². The first-order chi connectivity index (χ1) is 7.68. The Labute approximate surface area is 101 Å². The number of likely N-dealkylation sites (tertiary alicyclic amines) is 1. The van der Waals surface area contributed by atoms with Crippen LogP contribution in [0.15, 0.2) is 0 Å². The zero-order valence-corrected chi connectivity index (χ0v) is 11.3. The first-order valence-corrected chi connectivity index (χ1v) is 6.72. The first kappa shape index (κ1) is 13.9. The number of unbranched alkanes of at least 4 members (excludes halogenated alkanes) is 1. The molecule has 96 valence electrons. The van der Waals surface area contributed by atoms with Gasteiger partial charge < -0.3 is 15.1 Å². The molecule has 0 atom stereocenters. The van der Waals surface area contributed by atoms with Crippen molar-refractivity contribution in [2.24, 2.45) is 5.92 Å². The molecule has 0 saturated carbocycles. The van der Waals surface area contributed by atoms with Gasteiger partial charge in [0.05, 0.1) is 0 Å². The minimum atomic E-state index is 0.921. The van der Waals surface area contributed by atoms with Gasteiger partial charge in [-0.15, -0.1) is 0 Å².